The molecule has 1 amide bonds. The molecular weight excluding hydrogens is 448 g/mol. The van der Waals surface area contributed by atoms with Crippen LogP contribution >= 0.6 is 15.9 Å². The summed E-state index contributed by atoms with van der Waals surface area (Å²) >= 11 is 3.43. The predicted octanol–water partition coefficient (Wildman–Crippen LogP) is 4.44. The van der Waals surface area contributed by atoms with Crippen LogP contribution in [-0.2, 0) is 11.3 Å². The number of carbonyl (C=O) groups excluding carboxylic acids is 1. The number of nitrogens with zero attached hydrogens (tertiary/aromatic N) is 4. The van der Waals surface area contributed by atoms with Crippen LogP contribution in [0, 0.1) is 17.2 Å². The minimum absolute atomic E-state index is 0.0419. The highest BCUT2D eigenvalue weighted by Gasteiger charge is 2.30. The van der Waals surface area contributed by atoms with Crippen LogP contribution in [0.4, 0.5) is 5.88 Å². The Morgan fingerprint density at radius 2 is 2.03 bits per heavy atom. The summed E-state index contributed by atoms with van der Waals surface area (Å²) in [5.74, 6) is 1.32. The first-order valence-corrected chi connectivity index (χ1v) is 10.5. The topological polar surface area (TPSA) is 86.5 Å². The number of oxazole rings is 1. The van der Waals surface area contributed by atoms with Crippen LogP contribution in [0.3, 0.4) is 0 Å². The smallest absolute Gasteiger partial charge is 0.266 e. The van der Waals surface area contributed by atoms with Gasteiger partial charge in [0.05, 0.1) is 6.26 Å². The number of halogens is 1. The summed E-state index contributed by atoms with van der Waals surface area (Å²) < 4.78 is 12.2. The Balaban J connectivity index is 1.38. The summed E-state index contributed by atoms with van der Waals surface area (Å²) in [6.07, 6.45) is 2.93. The van der Waals surface area contributed by atoms with Crippen LogP contribution in [0.25, 0.3) is 11.7 Å². The van der Waals surface area contributed by atoms with Gasteiger partial charge in [0.2, 0.25) is 17.5 Å². The molecular formula is C22H21BrN4O3. The molecule has 0 N–H and O–H groups in total. The number of hydrogen-bond acceptors (Lipinski definition) is 6. The van der Waals surface area contributed by atoms with Gasteiger partial charge in [-0.3, -0.25) is 4.79 Å². The number of nitriles is 1. The van der Waals surface area contributed by atoms with Gasteiger partial charge in [-0.2, -0.15) is 10.2 Å². The summed E-state index contributed by atoms with van der Waals surface area (Å²) in [4.78, 5) is 20.9. The maximum absolute atomic E-state index is 12.9. The number of benzene rings is 1. The maximum atomic E-state index is 12.9. The van der Waals surface area contributed by atoms with E-state index in [-0.39, 0.29) is 17.5 Å². The normalized spacial score (nSPS) is 14.5. The molecule has 0 spiro atoms. The molecule has 1 aliphatic rings. The van der Waals surface area contributed by atoms with E-state index in [4.69, 9.17) is 8.83 Å². The quantitative estimate of drug-likeness (QED) is 0.549. The second-order valence-corrected chi connectivity index (χ2v) is 8.26. The van der Waals surface area contributed by atoms with Crippen LogP contribution in [0.2, 0.25) is 0 Å². The molecule has 1 aliphatic heterocycles. The molecule has 1 fully saturated rings. The molecule has 8 heteroatoms. The standard InChI is InChI=1S/C22H21BrN4O3/c1-26(14-15-4-6-17(23)7-5-15)21(28)16-8-10-27(11-9-16)22-18(13-24)25-20(30-22)19-3-2-12-29-19/h2-7,12,16H,8-11,14H2,1H3. The molecule has 30 heavy (non-hydrogen) atoms. The zero-order chi connectivity index (χ0) is 21.1. The third-order valence-electron chi connectivity index (χ3n) is 5.29. The van der Waals surface area contributed by atoms with E-state index in [0.29, 0.717) is 50.0 Å². The van der Waals surface area contributed by atoms with E-state index in [0.717, 1.165) is 10.0 Å². The Morgan fingerprint density at radius 1 is 1.30 bits per heavy atom. The fourth-order valence-electron chi connectivity index (χ4n) is 3.69. The lowest BCUT2D eigenvalue weighted by atomic mass is 9.95. The number of anilines is 1. The number of piperidine rings is 1. The Kier molecular flexibility index (Phi) is 5.91. The molecule has 7 nitrogen and oxygen atoms in total. The van der Waals surface area contributed by atoms with Crippen molar-refractivity contribution in [2.45, 2.75) is 19.4 Å². The van der Waals surface area contributed by atoms with Crippen LogP contribution in [0.5, 0.6) is 0 Å². The van der Waals surface area contributed by atoms with Crippen molar-refractivity contribution in [3.63, 3.8) is 0 Å². The molecule has 154 valence electrons. The van der Waals surface area contributed by atoms with Crippen molar-refractivity contribution in [1.29, 1.82) is 5.26 Å². The molecule has 0 radical (unpaired) electrons. The Bertz CT molecular complexity index is 1050. The van der Waals surface area contributed by atoms with E-state index in [1.54, 1.807) is 17.0 Å². The molecule has 2 aromatic heterocycles. The summed E-state index contributed by atoms with van der Waals surface area (Å²) in [5, 5.41) is 9.44. The molecule has 3 heterocycles. The van der Waals surface area contributed by atoms with Gasteiger partial charge in [0.15, 0.2) is 5.76 Å². The lowest BCUT2D eigenvalue weighted by Crippen LogP contribution is -2.41. The lowest BCUT2D eigenvalue weighted by Gasteiger charge is -2.33. The first-order valence-electron chi connectivity index (χ1n) is 9.74. The van der Waals surface area contributed by atoms with E-state index < -0.39 is 0 Å². The first kappa shape index (κ1) is 20.2. The third-order valence-corrected chi connectivity index (χ3v) is 5.82. The molecule has 0 aliphatic carbocycles. The highest BCUT2D eigenvalue weighted by atomic mass is 79.9. The van der Waals surface area contributed by atoms with Crippen LogP contribution < -0.4 is 4.90 Å². The van der Waals surface area contributed by atoms with Crippen molar-refractivity contribution in [3.05, 3.63) is 58.4 Å². The summed E-state index contributed by atoms with van der Waals surface area (Å²) in [6.45, 7) is 1.84. The number of carbonyl (C=O) groups is 1. The van der Waals surface area contributed by atoms with Gasteiger partial charge in [0, 0.05) is 37.1 Å². The van der Waals surface area contributed by atoms with Gasteiger partial charge in [-0.25, -0.2) is 0 Å². The molecule has 4 rings (SSSR count). The molecule has 1 saturated heterocycles. The Labute approximate surface area is 183 Å². The van der Waals surface area contributed by atoms with Crippen LogP contribution in [0.15, 0.2) is 56.0 Å². The highest BCUT2D eigenvalue weighted by molar-refractivity contribution is 9.10. The second-order valence-electron chi connectivity index (χ2n) is 7.34. The monoisotopic (exact) mass is 468 g/mol. The van der Waals surface area contributed by atoms with Crippen molar-refractivity contribution < 1.29 is 13.6 Å². The zero-order valence-electron chi connectivity index (χ0n) is 16.5. The fraction of sp³-hybridized carbons (Fsp3) is 0.318. The number of amides is 1. The molecule has 0 saturated carbocycles. The Morgan fingerprint density at radius 3 is 2.67 bits per heavy atom. The van der Waals surface area contributed by atoms with E-state index in [1.807, 2.05) is 36.2 Å². The number of rotatable bonds is 5. The van der Waals surface area contributed by atoms with Gasteiger partial charge in [-0.15, -0.1) is 0 Å². The van der Waals surface area contributed by atoms with E-state index in [9.17, 15) is 10.1 Å². The lowest BCUT2D eigenvalue weighted by molar-refractivity contribution is -0.135. The maximum Gasteiger partial charge on any atom is 0.266 e. The SMILES string of the molecule is CN(Cc1ccc(Br)cc1)C(=O)C1CCN(c2oc(-c3ccco3)nc2C#N)CC1. The van der Waals surface area contributed by atoms with Crippen LogP contribution in [0.1, 0.15) is 24.1 Å². The van der Waals surface area contributed by atoms with Crippen molar-refractivity contribution in [2.24, 2.45) is 5.92 Å². The van der Waals surface area contributed by atoms with Crippen molar-refractivity contribution in [2.75, 3.05) is 25.0 Å². The highest BCUT2D eigenvalue weighted by Crippen LogP contribution is 2.31. The minimum Gasteiger partial charge on any atom is -0.459 e. The van der Waals surface area contributed by atoms with Gasteiger partial charge in [0.1, 0.15) is 6.07 Å². The average molecular weight is 469 g/mol. The van der Waals surface area contributed by atoms with Crippen molar-refractivity contribution in [3.8, 4) is 17.7 Å². The van der Waals surface area contributed by atoms with Crippen molar-refractivity contribution in [1.82, 2.24) is 9.88 Å². The van der Waals surface area contributed by atoms with Crippen LogP contribution in [-0.4, -0.2) is 35.9 Å². The van der Waals surface area contributed by atoms with Gasteiger partial charge in [0.25, 0.3) is 5.89 Å². The molecule has 1 aromatic carbocycles. The van der Waals surface area contributed by atoms with E-state index in [2.05, 4.69) is 27.0 Å². The molecule has 3 aromatic rings. The molecule has 0 atom stereocenters. The second kappa shape index (κ2) is 8.76. The number of aromatic nitrogens is 1. The fourth-order valence-corrected chi connectivity index (χ4v) is 3.95. The van der Waals surface area contributed by atoms with Crippen molar-refractivity contribution >= 4 is 27.7 Å². The largest absolute Gasteiger partial charge is 0.459 e. The molecule has 0 unspecified atom stereocenters. The number of hydrogen-bond donors (Lipinski definition) is 0. The minimum atomic E-state index is -0.0419. The van der Waals surface area contributed by atoms with Gasteiger partial charge in [-0.05, 0) is 42.7 Å². The summed E-state index contributed by atoms with van der Waals surface area (Å²) in [7, 11) is 1.84. The first-order chi connectivity index (χ1) is 14.5. The summed E-state index contributed by atoms with van der Waals surface area (Å²) in [5.41, 5.74) is 1.33. The van der Waals surface area contributed by atoms with E-state index in [1.165, 1.54) is 6.26 Å². The molecule has 0 bridgehead atoms. The van der Waals surface area contributed by atoms with Gasteiger partial charge < -0.3 is 18.6 Å². The predicted molar refractivity (Wildman–Crippen MR) is 114 cm³/mol. The van der Waals surface area contributed by atoms with E-state index >= 15 is 0 Å². The Hall–Kier alpha value is -3.05. The number of furan rings is 1. The third kappa shape index (κ3) is 4.26. The zero-order valence-corrected chi connectivity index (χ0v) is 18.1. The van der Waals surface area contributed by atoms with Gasteiger partial charge >= 0.3 is 0 Å². The summed E-state index contributed by atoms with van der Waals surface area (Å²) in [6, 6.07) is 13.6. The average Bonchev–Trinajstić information content (AvgIpc) is 3.44. The van der Waals surface area contributed by atoms with Gasteiger partial charge in [-0.1, -0.05) is 28.1 Å².